The molecular weight excluding hydrogens is 254 g/mol. The van der Waals surface area contributed by atoms with E-state index < -0.39 is 0 Å². The van der Waals surface area contributed by atoms with E-state index in [2.05, 4.69) is 42.9 Å². The molecule has 0 bridgehead atoms. The Bertz CT molecular complexity index is 364. The van der Waals surface area contributed by atoms with Crippen LogP contribution in [0.2, 0.25) is 0 Å². The lowest BCUT2D eigenvalue weighted by Gasteiger charge is -2.22. The van der Waals surface area contributed by atoms with Crippen molar-refractivity contribution in [2.45, 2.75) is 34.2 Å². The minimum Gasteiger partial charge on any atom is -0.432 e. The zero-order valence-corrected chi connectivity index (χ0v) is 13.5. The summed E-state index contributed by atoms with van der Waals surface area (Å²) in [5.74, 6) is 1.20. The largest absolute Gasteiger partial charge is 0.432 e. The summed E-state index contributed by atoms with van der Waals surface area (Å²) in [4.78, 5) is 6.69. The van der Waals surface area contributed by atoms with Crippen LogP contribution in [0.25, 0.3) is 0 Å². The lowest BCUT2D eigenvalue weighted by atomic mass is 10.2. The number of methoxy groups -OCH3 is 1. The van der Waals surface area contributed by atoms with Gasteiger partial charge in [0.05, 0.1) is 12.3 Å². The zero-order chi connectivity index (χ0) is 15.0. The van der Waals surface area contributed by atoms with Gasteiger partial charge in [0.25, 0.3) is 6.01 Å². The van der Waals surface area contributed by atoms with Crippen LogP contribution in [0, 0.1) is 11.8 Å². The Morgan fingerprint density at radius 2 is 2.05 bits per heavy atom. The predicted molar refractivity (Wildman–Crippen MR) is 82.0 cm³/mol. The van der Waals surface area contributed by atoms with Gasteiger partial charge in [-0.25, -0.2) is 0 Å². The van der Waals surface area contributed by atoms with E-state index in [4.69, 9.17) is 9.15 Å². The Morgan fingerprint density at radius 3 is 2.65 bits per heavy atom. The SMILES string of the molecule is COCCN(CC(C)C)c1nc(CNCC(C)C)co1. The van der Waals surface area contributed by atoms with E-state index in [0.717, 1.165) is 31.9 Å². The average Bonchev–Trinajstić information content (AvgIpc) is 2.82. The molecule has 20 heavy (non-hydrogen) atoms. The molecule has 1 rings (SSSR count). The molecular formula is C15H29N3O2. The predicted octanol–water partition coefficient (Wildman–Crippen LogP) is 2.53. The first kappa shape index (κ1) is 17.0. The molecule has 116 valence electrons. The number of nitrogens with one attached hydrogen (secondary N) is 1. The van der Waals surface area contributed by atoms with Gasteiger partial charge in [-0.05, 0) is 18.4 Å². The van der Waals surface area contributed by atoms with E-state index in [1.54, 1.807) is 13.4 Å². The maximum Gasteiger partial charge on any atom is 0.297 e. The van der Waals surface area contributed by atoms with Crippen molar-refractivity contribution in [1.29, 1.82) is 0 Å². The fraction of sp³-hybridized carbons (Fsp3) is 0.800. The average molecular weight is 283 g/mol. The molecule has 0 unspecified atom stereocenters. The number of hydrogen-bond acceptors (Lipinski definition) is 5. The van der Waals surface area contributed by atoms with Crippen molar-refractivity contribution in [2.75, 3.05) is 38.3 Å². The van der Waals surface area contributed by atoms with Gasteiger partial charge in [0.2, 0.25) is 0 Å². The maximum atomic E-state index is 5.60. The third kappa shape index (κ3) is 6.39. The number of nitrogens with zero attached hydrogens (tertiary/aromatic N) is 2. The molecule has 0 aliphatic heterocycles. The monoisotopic (exact) mass is 283 g/mol. The summed E-state index contributed by atoms with van der Waals surface area (Å²) >= 11 is 0. The Hall–Kier alpha value is -1.07. The van der Waals surface area contributed by atoms with Crippen LogP contribution in [0.4, 0.5) is 6.01 Å². The Labute approximate surface area is 122 Å². The summed E-state index contributed by atoms with van der Waals surface area (Å²) in [7, 11) is 1.71. The highest BCUT2D eigenvalue weighted by Crippen LogP contribution is 2.15. The second-order valence-electron chi connectivity index (χ2n) is 5.98. The summed E-state index contributed by atoms with van der Waals surface area (Å²) in [5, 5.41) is 3.37. The second-order valence-corrected chi connectivity index (χ2v) is 5.98. The maximum absolute atomic E-state index is 5.60. The fourth-order valence-electron chi connectivity index (χ4n) is 1.92. The highest BCUT2D eigenvalue weighted by atomic mass is 16.5. The first-order valence-electron chi connectivity index (χ1n) is 7.42. The van der Waals surface area contributed by atoms with Gasteiger partial charge >= 0.3 is 0 Å². The highest BCUT2D eigenvalue weighted by molar-refractivity contribution is 5.27. The van der Waals surface area contributed by atoms with Gasteiger partial charge in [0, 0.05) is 26.7 Å². The summed E-state index contributed by atoms with van der Waals surface area (Å²) in [6.45, 7) is 12.9. The van der Waals surface area contributed by atoms with E-state index in [1.807, 2.05) is 0 Å². The van der Waals surface area contributed by atoms with Crippen molar-refractivity contribution in [2.24, 2.45) is 11.8 Å². The standard InChI is InChI=1S/C15H29N3O2/c1-12(2)8-16-9-14-11-20-15(17-14)18(6-7-19-5)10-13(3)4/h11-13,16H,6-10H2,1-5H3. The molecule has 0 saturated carbocycles. The first-order valence-corrected chi connectivity index (χ1v) is 7.42. The van der Waals surface area contributed by atoms with Crippen LogP contribution in [0.5, 0.6) is 0 Å². The zero-order valence-electron chi connectivity index (χ0n) is 13.5. The summed E-state index contributed by atoms with van der Waals surface area (Å²) < 4.78 is 10.8. The van der Waals surface area contributed by atoms with Gasteiger partial charge in [0.15, 0.2) is 0 Å². The molecule has 1 aromatic rings. The van der Waals surface area contributed by atoms with Gasteiger partial charge in [-0.3, -0.25) is 0 Å². The fourth-order valence-corrected chi connectivity index (χ4v) is 1.92. The molecule has 0 aromatic carbocycles. The molecule has 1 aromatic heterocycles. The first-order chi connectivity index (χ1) is 9.52. The number of aromatic nitrogens is 1. The normalized spacial score (nSPS) is 11.6. The van der Waals surface area contributed by atoms with Crippen LogP contribution < -0.4 is 10.2 Å². The lowest BCUT2D eigenvalue weighted by molar-refractivity contribution is 0.203. The van der Waals surface area contributed by atoms with Crippen molar-refractivity contribution in [3.63, 3.8) is 0 Å². The third-order valence-corrected chi connectivity index (χ3v) is 2.82. The number of ether oxygens (including phenoxy) is 1. The molecule has 0 fully saturated rings. The second kappa shape index (κ2) is 8.97. The summed E-state index contributed by atoms with van der Waals surface area (Å²) in [6, 6.07) is 0.692. The Kier molecular flexibility index (Phi) is 7.62. The molecule has 0 radical (unpaired) electrons. The van der Waals surface area contributed by atoms with E-state index in [1.165, 1.54) is 0 Å². The molecule has 0 aliphatic rings. The topological polar surface area (TPSA) is 50.5 Å². The number of rotatable bonds is 10. The molecule has 0 saturated heterocycles. The minimum absolute atomic E-state index is 0.557. The van der Waals surface area contributed by atoms with Crippen LogP contribution in [0.3, 0.4) is 0 Å². The number of oxazole rings is 1. The van der Waals surface area contributed by atoms with Crippen LogP contribution >= 0.6 is 0 Å². The molecule has 1 heterocycles. The quantitative estimate of drug-likeness (QED) is 0.715. The van der Waals surface area contributed by atoms with Gasteiger partial charge in [0.1, 0.15) is 6.26 Å². The molecule has 1 N–H and O–H groups in total. The van der Waals surface area contributed by atoms with Crippen molar-refractivity contribution < 1.29 is 9.15 Å². The Morgan fingerprint density at radius 1 is 1.30 bits per heavy atom. The van der Waals surface area contributed by atoms with Crippen LogP contribution in [0.1, 0.15) is 33.4 Å². The van der Waals surface area contributed by atoms with Crippen LogP contribution in [0.15, 0.2) is 10.7 Å². The van der Waals surface area contributed by atoms with Gasteiger partial charge < -0.3 is 19.4 Å². The van der Waals surface area contributed by atoms with E-state index >= 15 is 0 Å². The van der Waals surface area contributed by atoms with Crippen molar-refractivity contribution >= 4 is 6.01 Å². The van der Waals surface area contributed by atoms with Crippen LogP contribution in [-0.2, 0) is 11.3 Å². The van der Waals surface area contributed by atoms with Crippen molar-refractivity contribution in [3.8, 4) is 0 Å². The number of anilines is 1. The van der Waals surface area contributed by atoms with Gasteiger partial charge in [-0.2, -0.15) is 4.98 Å². The molecule has 0 atom stereocenters. The van der Waals surface area contributed by atoms with Gasteiger partial charge in [-0.15, -0.1) is 0 Å². The summed E-state index contributed by atoms with van der Waals surface area (Å²) in [5.41, 5.74) is 0.951. The van der Waals surface area contributed by atoms with Crippen molar-refractivity contribution in [3.05, 3.63) is 12.0 Å². The van der Waals surface area contributed by atoms with Crippen LogP contribution in [-0.4, -0.2) is 38.3 Å². The van der Waals surface area contributed by atoms with E-state index in [0.29, 0.717) is 24.5 Å². The molecule has 0 spiro atoms. The van der Waals surface area contributed by atoms with E-state index in [-0.39, 0.29) is 0 Å². The molecule has 0 amide bonds. The van der Waals surface area contributed by atoms with Crippen molar-refractivity contribution in [1.82, 2.24) is 10.3 Å². The lowest BCUT2D eigenvalue weighted by Crippen LogP contribution is -2.31. The van der Waals surface area contributed by atoms with Gasteiger partial charge in [-0.1, -0.05) is 27.7 Å². The molecule has 0 aliphatic carbocycles. The molecule has 5 heteroatoms. The summed E-state index contributed by atoms with van der Waals surface area (Å²) in [6.07, 6.45) is 1.74. The third-order valence-electron chi connectivity index (χ3n) is 2.82. The highest BCUT2D eigenvalue weighted by Gasteiger charge is 2.14. The molecule has 5 nitrogen and oxygen atoms in total. The Balaban J connectivity index is 2.55. The number of hydrogen-bond donors (Lipinski definition) is 1. The van der Waals surface area contributed by atoms with E-state index in [9.17, 15) is 0 Å². The minimum atomic E-state index is 0.557. The smallest absolute Gasteiger partial charge is 0.297 e.